The SMILES string of the molecule is Cc1cccc(-c2noc(C3CCCCN3C(=O)Nc3ccc(Cl)cc3)n2)c1. The Kier molecular flexibility index (Phi) is 5.30. The Morgan fingerprint density at radius 3 is 2.82 bits per heavy atom. The highest BCUT2D eigenvalue weighted by Gasteiger charge is 2.32. The summed E-state index contributed by atoms with van der Waals surface area (Å²) in [6.45, 7) is 2.67. The zero-order valence-corrected chi connectivity index (χ0v) is 16.3. The lowest BCUT2D eigenvalue weighted by molar-refractivity contribution is 0.142. The number of carbonyl (C=O) groups excluding carboxylic acids is 1. The fraction of sp³-hybridized carbons (Fsp3) is 0.286. The van der Waals surface area contributed by atoms with E-state index in [1.165, 1.54) is 0 Å². The van der Waals surface area contributed by atoms with Crippen LogP contribution in [0, 0.1) is 6.92 Å². The summed E-state index contributed by atoms with van der Waals surface area (Å²) in [6, 6.07) is 14.6. The second kappa shape index (κ2) is 8.02. The Labute approximate surface area is 168 Å². The number of piperidine rings is 1. The molecular weight excluding hydrogens is 376 g/mol. The van der Waals surface area contributed by atoms with Crippen molar-refractivity contribution in [3.05, 3.63) is 65.0 Å². The molecule has 1 fully saturated rings. The largest absolute Gasteiger partial charge is 0.337 e. The molecular formula is C21H21ClN4O2. The van der Waals surface area contributed by atoms with Gasteiger partial charge in [0.25, 0.3) is 0 Å². The van der Waals surface area contributed by atoms with E-state index in [0.29, 0.717) is 29.0 Å². The second-order valence-corrected chi connectivity index (χ2v) is 7.40. The molecule has 1 aromatic heterocycles. The van der Waals surface area contributed by atoms with Crippen LogP contribution in [0.25, 0.3) is 11.4 Å². The van der Waals surface area contributed by atoms with Crippen molar-refractivity contribution in [2.45, 2.75) is 32.2 Å². The fourth-order valence-electron chi connectivity index (χ4n) is 3.43. The van der Waals surface area contributed by atoms with E-state index in [1.54, 1.807) is 29.2 Å². The van der Waals surface area contributed by atoms with Gasteiger partial charge in [0.05, 0.1) is 0 Å². The van der Waals surface area contributed by atoms with Gasteiger partial charge in [0.2, 0.25) is 11.7 Å². The van der Waals surface area contributed by atoms with E-state index >= 15 is 0 Å². The Bertz CT molecular complexity index is 971. The van der Waals surface area contributed by atoms with Crippen molar-refractivity contribution < 1.29 is 9.32 Å². The van der Waals surface area contributed by atoms with Crippen LogP contribution >= 0.6 is 11.6 Å². The van der Waals surface area contributed by atoms with Gasteiger partial charge in [-0.05, 0) is 56.5 Å². The number of nitrogens with one attached hydrogen (secondary N) is 1. The number of hydrogen-bond acceptors (Lipinski definition) is 4. The van der Waals surface area contributed by atoms with Gasteiger partial charge < -0.3 is 14.7 Å². The van der Waals surface area contributed by atoms with Gasteiger partial charge in [-0.2, -0.15) is 4.98 Å². The van der Waals surface area contributed by atoms with Crippen LogP contribution < -0.4 is 5.32 Å². The van der Waals surface area contributed by atoms with Gasteiger partial charge in [0.15, 0.2) is 0 Å². The molecule has 1 N–H and O–H groups in total. The molecule has 28 heavy (non-hydrogen) atoms. The Hall–Kier alpha value is -2.86. The molecule has 2 amide bonds. The first-order valence-electron chi connectivity index (χ1n) is 9.34. The van der Waals surface area contributed by atoms with Gasteiger partial charge in [-0.3, -0.25) is 0 Å². The number of halogens is 1. The highest BCUT2D eigenvalue weighted by molar-refractivity contribution is 6.30. The number of rotatable bonds is 3. The zero-order chi connectivity index (χ0) is 19.5. The van der Waals surface area contributed by atoms with Crippen LogP contribution in [0.1, 0.15) is 36.8 Å². The standard InChI is InChI=1S/C21H21ClN4O2/c1-14-5-4-6-15(13-14)19-24-20(28-25-19)18-7-2-3-12-26(18)21(27)23-17-10-8-16(22)9-11-17/h4-6,8-11,13,18H,2-3,7,12H2,1H3,(H,23,27). The molecule has 2 heterocycles. The summed E-state index contributed by atoms with van der Waals surface area (Å²) in [5, 5.41) is 7.68. The van der Waals surface area contributed by atoms with Crippen LogP contribution in [0.15, 0.2) is 53.1 Å². The first-order chi connectivity index (χ1) is 13.6. The van der Waals surface area contributed by atoms with Crippen molar-refractivity contribution in [2.75, 3.05) is 11.9 Å². The molecule has 0 radical (unpaired) electrons. The number of aryl methyl sites for hydroxylation is 1. The van der Waals surface area contributed by atoms with Gasteiger partial charge in [-0.25, -0.2) is 4.79 Å². The van der Waals surface area contributed by atoms with Crippen LogP contribution in [0.3, 0.4) is 0 Å². The molecule has 144 valence electrons. The number of urea groups is 1. The van der Waals surface area contributed by atoms with E-state index in [-0.39, 0.29) is 12.1 Å². The van der Waals surface area contributed by atoms with Gasteiger partial charge in [0.1, 0.15) is 6.04 Å². The average molecular weight is 397 g/mol. The van der Waals surface area contributed by atoms with E-state index in [2.05, 4.69) is 15.5 Å². The lowest BCUT2D eigenvalue weighted by Crippen LogP contribution is -2.41. The summed E-state index contributed by atoms with van der Waals surface area (Å²) in [7, 11) is 0. The molecule has 1 aliphatic rings. The van der Waals surface area contributed by atoms with Crippen LogP contribution in [0.4, 0.5) is 10.5 Å². The highest BCUT2D eigenvalue weighted by atomic mass is 35.5. The minimum Gasteiger partial charge on any atom is -0.337 e. The zero-order valence-electron chi connectivity index (χ0n) is 15.6. The lowest BCUT2D eigenvalue weighted by atomic mass is 10.0. The van der Waals surface area contributed by atoms with Crippen LogP contribution in [0.5, 0.6) is 0 Å². The number of benzene rings is 2. The van der Waals surface area contributed by atoms with Crippen molar-refractivity contribution in [3.8, 4) is 11.4 Å². The molecule has 1 atom stereocenters. The first-order valence-corrected chi connectivity index (χ1v) is 9.72. The van der Waals surface area contributed by atoms with Crippen LogP contribution in [-0.2, 0) is 0 Å². The third-order valence-electron chi connectivity index (χ3n) is 4.86. The molecule has 1 saturated heterocycles. The number of amides is 2. The third-order valence-corrected chi connectivity index (χ3v) is 5.11. The Morgan fingerprint density at radius 1 is 1.21 bits per heavy atom. The Morgan fingerprint density at radius 2 is 2.04 bits per heavy atom. The Balaban J connectivity index is 1.54. The monoisotopic (exact) mass is 396 g/mol. The van der Waals surface area contributed by atoms with Crippen molar-refractivity contribution in [1.82, 2.24) is 15.0 Å². The molecule has 6 nitrogen and oxygen atoms in total. The van der Waals surface area contributed by atoms with Crippen molar-refractivity contribution in [1.29, 1.82) is 0 Å². The molecule has 0 aliphatic carbocycles. The number of aromatic nitrogens is 2. The van der Waals surface area contributed by atoms with Crippen molar-refractivity contribution in [2.24, 2.45) is 0 Å². The molecule has 0 bridgehead atoms. The second-order valence-electron chi connectivity index (χ2n) is 6.97. The minimum absolute atomic E-state index is 0.178. The molecule has 7 heteroatoms. The molecule has 0 spiro atoms. The van der Waals surface area contributed by atoms with Gasteiger partial charge in [0, 0.05) is 22.8 Å². The van der Waals surface area contributed by atoms with E-state index in [4.69, 9.17) is 16.1 Å². The summed E-state index contributed by atoms with van der Waals surface area (Å²) in [6.07, 6.45) is 2.75. The predicted octanol–water partition coefficient (Wildman–Crippen LogP) is 5.46. The number of hydrogen-bond donors (Lipinski definition) is 1. The lowest BCUT2D eigenvalue weighted by Gasteiger charge is -2.33. The number of carbonyl (C=O) groups is 1. The van der Waals surface area contributed by atoms with Crippen molar-refractivity contribution in [3.63, 3.8) is 0 Å². The van der Waals surface area contributed by atoms with E-state index < -0.39 is 0 Å². The summed E-state index contributed by atoms with van der Waals surface area (Å²) < 4.78 is 5.54. The van der Waals surface area contributed by atoms with Crippen molar-refractivity contribution >= 4 is 23.3 Å². The molecule has 3 aromatic rings. The predicted molar refractivity (Wildman–Crippen MR) is 108 cm³/mol. The molecule has 2 aromatic carbocycles. The van der Waals surface area contributed by atoms with Crippen LogP contribution in [-0.4, -0.2) is 27.6 Å². The van der Waals surface area contributed by atoms with Gasteiger partial charge in [-0.1, -0.05) is 40.5 Å². The molecule has 4 rings (SSSR count). The molecule has 0 saturated carbocycles. The minimum atomic E-state index is -0.230. The maximum atomic E-state index is 12.8. The summed E-state index contributed by atoms with van der Waals surface area (Å²) in [5.41, 5.74) is 2.73. The van der Waals surface area contributed by atoms with E-state index in [1.807, 2.05) is 31.2 Å². The smallest absolute Gasteiger partial charge is 0.322 e. The summed E-state index contributed by atoms with van der Waals surface area (Å²) in [4.78, 5) is 19.2. The topological polar surface area (TPSA) is 71.3 Å². The van der Waals surface area contributed by atoms with E-state index in [9.17, 15) is 4.79 Å². The highest BCUT2D eigenvalue weighted by Crippen LogP contribution is 2.32. The average Bonchev–Trinajstić information content (AvgIpc) is 3.20. The number of likely N-dealkylation sites (tertiary alicyclic amines) is 1. The van der Waals surface area contributed by atoms with Crippen LogP contribution in [0.2, 0.25) is 5.02 Å². The molecule has 1 aliphatic heterocycles. The first kappa shape index (κ1) is 18.5. The summed E-state index contributed by atoms with van der Waals surface area (Å²) >= 11 is 5.91. The normalized spacial score (nSPS) is 16.8. The fourth-order valence-corrected chi connectivity index (χ4v) is 3.56. The maximum Gasteiger partial charge on any atom is 0.322 e. The molecule has 1 unspecified atom stereocenters. The quantitative estimate of drug-likeness (QED) is 0.638. The van der Waals surface area contributed by atoms with Gasteiger partial charge >= 0.3 is 6.03 Å². The number of nitrogens with zero attached hydrogens (tertiary/aromatic N) is 3. The van der Waals surface area contributed by atoms with E-state index in [0.717, 1.165) is 30.4 Å². The number of anilines is 1. The van der Waals surface area contributed by atoms with Gasteiger partial charge in [-0.15, -0.1) is 0 Å². The summed E-state index contributed by atoms with van der Waals surface area (Å²) in [5.74, 6) is 1.02. The third kappa shape index (κ3) is 4.02. The maximum absolute atomic E-state index is 12.8.